The minimum Gasteiger partial charge on any atom is -0.362 e. The van der Waals surface area contributed by atoms with Crippen molar-refractivity contribution in [3.63, 3.8) is 0 Å². The Bertz CT molecular complexity index is 60.7. The first kappa shape index (κ1) is 4.64. The van der Waals surface area contributed by atoms with Gasteiger partial charge in [-0.2, -0.15) is 0 Å². The van der Waals surface area contributed by atoms with Gasteiger partial charge in [0.1, 0.15) is 0 Å². The molecule has 0 aliphatic carbocycles. The summed E-state index contributed by atoms with van der Waals surface area (Å²) in [6.45, 7) is 0. The van der Waals surface area contributed by atoms with Gasteiger partial charge in [-0.05, 0) is 8.20 Å². The first-order chi connectivity index (χ1) is 2.27. The molecule has 0 bridgehead atoms. The number of primary amides is 1. The monoisotopic (exact) mass is 89.0 g/mol. The highest BCUT2D eigenvalue weighted by Gasteiger charge is 1.70. The molecule has 0 saturated heterocycles. The number of rotatable bonds is 1. The lowest BCUT2D eigenvalue weighted by Crippen LogP contribution is -1.95. The van der Waals surface area contributed by atoms with Gasteiger partial charge >= 0.3 is 0 Å². The van der Waals surface area contributed by atoms with Crippen LogP contribution in [0.25, 0.3) is 0 Å². The quantitative estimate of drug-likeness (QED) is 0.465. The zero-order valence-electron chi connectivity index (χ0n) is 2.64. The Kier molecular flexibility index (Phi) is 1.78. The highest BCUT2D eigenvalue weighted by molar-refractivity contribution is 7.55. The maximum absolute atomic E-state index is 9.52. The third-order valence-corrected chi connectivity index (χ3v) is 0.468. The van der Waals surface area contributed by atoms with Crippen molar-refractivity contribution in [3.05, 3.63) is 0 Å². The second-order valence-electron chi connectivity index (χ2n) is 0.496. The van der Waals surface area contributed by atoms with Crippen LogP contribution in [-0.2, 0) is 0 Å². The maximum atomic E-state index is 9.52. The predicted octanol–water partition coefficient (Wildman–Crippen LogP) is 0.443. The highest BCUT2D eigenvalue weighted by Crippen LogP contribution is 1.83. The van der Waals surface area contributed by atoms with Gasteiger partial charge in [0, 0.05) is 0 Å². The fourth-order valence-electron chi connectivity index (χ4n) is 0. The average Bonchev–Trinajstić information content (AvgIpc) is 1.38. The van der Waals surface area contributed by atoms with Gasteiger partial charge in [-0.25, -0.2) is 0 Å². The summed E-state index contributed by atoms with van der Waals surface area (Å²) in [6.07, 6.45) is 3.18. The third kappa shape index (κ3) is 3.64. The third-order valence-electron chi connectivity index (χ3n) is 0.156. The molecule has 0 aromatic heterocycles. The van der Waals surface area contributed by atoms with Crippen LogP contribution in [0.15, 0.2) is 0 Å². The summed E-state index contributed by atoms with van der Waals surface area (Å²) >= 11 is 0. The molecule has 3 heteroatoms. The van der Waals surface area contributed by atoms with E-state index in [1.807, 2.05) is 0 Å². The molecule has 0 rings (SSSR count). The average molecular weight is 89.0 g/mol. The van der Waals surface area contributed by atoms with Crippen molar-refractivity contribution in [2.45, 2.75) is 0 Å². The fraction of sp³-hybridized carbons (Fsp3) is 0. The molecular formula is C2H4NOP. The van der Waals surface area contributed by atoms with Crippen LogP contribution in [0, 0.1) is 0 Å². The van der Waals surface area contributed by atoms with Crippen molar-refractivity contribution in [3.8, 4) is 0 Å². The van der Waals surface area contributed by atoms with E-state index in [1.165, 1.54) is 0 Å². The van der Waals surface area contributed by atoms with Crippen LogP contribution in [0.3, 0.4) is 0 Å². The molecule has 0 aliphatic heterocycles. The number of carbonyl (C=O) groups excluding carboxylic acids is 1. The Hall–Kier alpha value is -0.360. The molecule has 2 nitrogen and oxygen atoms in total. The van der Waals surface area contributed by atoms with Gasteiger partial charge in [-0.3, -0.25) is 4.79 Å². The Morgan fingerprint density at radius 1 is 2.00 bits per heavy atom. The van der Waals surface area contributed by atoms with E-state index in [1.54, 1.807) is 0 Å². The topological polar surface area (TPSA) is 43.1 Å². The van der Waals surface area contributed by atoms with Gasteiger partial charge in [-0.1, -0.05) is 6.30 Å². The highest BCUT2D eigenvalue weighted by atomic mass is 31.1. The lowest BCUT2D eigenvalue weighted by molar-refractivity contribution is 0.267. The van der Waals surface area contributed by atoms with E-state index in [2.05, 4.69) is 12.0 Å². The van der Waals surface area contributed by atoms with Gasteiger partial charge in [0.2, 0.25) is 0 Å². The number of hydrogen-bond donors (Lipinski definition) is 1. The van der Waals surface area contributed by atoms with Crippen LogP contribution < -0.4 is 5.73 Å². The van der Waals surface area contributed by atoms with Gasteiger partial charge in [0.05, 0.1) is 0 Å². The Morgan fingerprint density at radius 3 is 2.20 bits per heavy atom. The van der Waals surface area contributed by atoms with E-state index in [0.717, 1.165) is 0 Å². The number of amides is 1. The largest absolute Gasteiger partial charge is 0.362 e. The lowest BCUT2D eigenvalue weighted by atomic mass is 11.5. The number of carbonyl (C=O) groups is 1. The molecule has 28 valence electrons. The van der Waals surface area contributed by atoms with Crippen molar-refractivity contribution < 1.29 is 4.79 Å². The maximum Gasteiger partial charge on any atom is 0.266 e. The smallest absolute Gasteiger partial charge is 0.266 e. The zero-order chi connectivity index (χ0) is 4.28. The summed E-state index contributed by atoms with van der Waals surface area (Å²) in [4.78, 5) is 9.52. The Labute approximate surface area is 31.8 Å². The normalized spacial score (nSPS) is 8.00. The second-order valence-corrected chi connectivity index (χ2v) is 1.25. The molecule has 0 fully saturated rings. The number of nitrogens with two attached hydrogens (primary N) is 1. The molecule has 1 amide bonds. The van der Waals surface area contributed by atoms with Gasteiger partial charge in [-0.15, -0.1) is 0 Å². The van der Waals surface area contributed by atoms with Crippen LogP contribution in [0.4, 0.5) is 4.79 Å². The number of hydrogen-bond acceptors (Lipinski definition) is 1. The molecule has 0 spiro atoms. The first-order valence-electron chi connectivity index (χ1n) is 1.03. The summed E-state index contributed by atoms with van der Waals surface area (Å²) in [6, 6.07) is 0. The Morgan fingerprint density at radius 2 is 2.20 bits per heavy atom. The van der Waals surface area contributed by atoms with Crippen LogP contribution in [0.2, 0.25) is 0 Å². The summed E-state index contributed by atoms with van der Waals surface area (Å²) in [7, 11) is 0.386. The van der Waals surface area contributed by atoms with E-state index in [9.17, 15) is 4.79 Å². The molecule has 0 radical (unpaired) electrons. The van der Waals surface area contributed by atoms with E-state index in [4.69, 9.17) is 0 Å². The molecule has 0 aliphatic rings. The van der Waals surface area contributed by atoms with Crippen LogP contribution in [0.1, 0.15) is 0 Å². The summed E-state index contributed by atoms with van der Waals surface area (Å²) in [5.41, 5.74) is 4.19. The van der Waals surface area contributed by atoms with E-state index in [-0.39, 0.29) is 5.65 Å². The van der Waals surface area contributed by atoms with Gasteiger partial charge in [0.15, 0.2) is 0 Å². The van der Waals surface area contributed by atoms with Crippen molar-refractivity contribution in [2.75, 3.05) is 0 Å². The van der Waals surface area contributed by atoms with Crippen LogP contribution >= 0.6 is 8.20 Å². The SMILES string of the molecule is C=PC(N)=O. The van der Waals surface area contributed by atoms with Crippen molar-refractivity contribution in [1.29, 1.82) is 0 Å². The molecular weight excluding hydrogens is 85.0 g/mol. The minimum absolute atomic E-state index is 0.384. The molecule has 5 heavy (non-hydrogen) atoms. The summed E-state index contributed by atoms with van der Waals surface area (Å²) in [5, 5.41) is 0. The molecule has 0 unspecified atom stereocenters. The van der Waals surface area contributed by atoms with Crippen LogP contribution in [-0.4, -0.2) is 11.9 Å². The Balaban J connectivity index is 3.20. The summed E-state index contributed by atoms with van der Waals surface area (Å²) in [5.74, 6) is 0. The first-order valence-corrected chi connectivity index (χ1v) is 2.11. The molecule has 0 aromatic carbocycles. The van der Waals surface area contributed by atoms with Crippen LogP contribution in [0.5, 0.6) is 0 Å². The predicted molar refractivity (Wildman–Crippen MR) is 23.6 cm³/mol. The van der Waals surface area contributed by atoms with E-state index >= 15 is 0 Å². The zero-order valence-corrected chi connectivity index (χ0v) is 3.53. The molecule has 0 aromatic rings. The molecule has 0 saturated carbocycles. The molecule has 0 heterocycles. The minimum atomic E-state index is -0.384. The van der Waals surface area contributed by atoms with Crippen molar-refractivity contribution in [2.24, 2.45) is 5.73 Å². The fourth-order valence-corrected chi connectivity index (χ4v) is 0. The summed E-state index contributed by atoms with van der Waals surface area (Å²) < 4.78 is 0. The van der Waals surface area contributed by atoms with Gasteiger partial charge in [0.25, 0.3) is 5.65 Å². The molecule has 2 N–H and O–H groups in total. The molecule has 0 atom stereocenters. The van der Waals surface area contributed by atoms with E-state index in [0.29, 0.717) is 8.20 Å². The van der Waals surface area contributed by atoms with Crippen molar-refractivity contribution >= 4 is 20.2 Å². The van der Waals surface area contributed by atoms with Gasteiger partial charge < -0.3 is 5.73 Å². The second kappa shape index (κ2) is 1.91. The lowest BCUT2D eigenvalue weighted by Gasteiger charge is -1.64. The van der Waals surface area contributed by atoms with Crippen molar-refractivity contribution in [1.82, 2.24) is 0 Å². The van der Waals surface area contributed by atoms with E-state index < -0.39 is 0 Å². The standard InChI is InChI=1S/C2H4NOP/c1-5-2(3)4/h1H2,(H2,3,4).